The molecule has 0 heterocycles. The second-order valence-corrected chi connectivity index (χ2v) is 9.41. The fourth-order valence-electron chi connectivity index (χ4n) is 3.26. The van der Waals surface area contributed by atoms with E-state index in [9.17, 15) is 13.2 Å². The Morgan fingerprint density at radius 2 is 1.60 bits per heavy atom. The smallest absolute Gasteiger partial charge is 0.243 e. The lowest BCUT2D eigenvalue weighted by molar-refractivity contribution is -0.121. The minimum Gasteiger partial charge on any atom is -0.493 e. The molecular formula is C22H30N2O5S. The van der Waals surface area contributed by atoms with Crippen molar-refractivity contribution in [2.24, 2.45) is 0 Å². The monoisotopic (exact) mass is 434 g/mol. The Morgan fingerprint density at radius 1 is 1.00 bits per heavy atom. The van der Waals surface area contributed by atoms with Crippen LogP contribution in [0.2, 0.25) is 0 Å². The van der Waals surface area contributed by atoms with Crippen LogP contribution in [0.4, 0.5) is 0 Å². The molecule has 2 aromatic rings. The number of hydrogen-bond acceptors (Lipinski definition) is 5. The second kappa shape index (κ2) is 9.49. The highest BCUT2D eigenvalue weighted by atomic mass is 32.2. The van der Waals surface area contributed by atoms with Crippen molar-refractivity contribution in [3.63, 3.8) is 0 Å². The van der Waals surface area contributed by atoms with Gasteiger partial charge < -0.3 is 14.8 Å². The molecule has 30 heavy (non-hydrogen) atoms. The molecule has 0 unspecified atom stereocenters. The number of ether oxygens (including phenoxy) is 2. The Balaban J connectivity index is 2.14. The minimum absolute atomic E-state index is 0.0218. The standard InChI is InChI=1S/C22H30N2O5S/c1-14-10-16(3)19(11-15(14)2)17(4)23-22(25)13-24(5)30(26,27)18-8-9-20(28-6)21(12-18)29-7/h8-12,17H,13H2,1-7H3,(H,23,25)/t17-/m0/s1. The highest BCUT2D eigenvalue weighted by Crippen LogP contribution is 2.30. The zero-order chi connectivity index (χ0) is 22.6. The SMILES string of the molecule is COc1ccc(S(=O)(=O)N(C)CC(=O)N[C@@H](C)c2cc(C)c(C)cc2C)cc1OC. The molecule has 0 aliphatic heterocycles. The van der Waals surface area contributed by atoms with Gasteiger partial charge in [0.15, 0.2) is 11.5 Å². The molecule has 2 rings (SSSR count). The number of amides is 1. The molecule has 0 bridgehead atoms. The molecule has 1 amide bonds. The summed E-state index contributed by atoms with van der Waals surface area (Å²) in [5.74, 6) is 0.344. The molecule has 0 saturated heterocycles. The van der Waals surface area contributed by atoms with Gasteiger partial charge in [0.25, 0.3) is 0 Å². The molecule has 0 saturated carbocycles. The van der Waals surface area contributed by atoms with Crippen LogP contribution >= 0.6 is 0 Å². The minimum atomic E-state index is -3.88. The van der Waals surface area contributed by atoms with Crippen molar-refractivity contribution in [3.8, 4) is 11.5 Å². The Morgan fingerprint density at radius 3 is 2.20 bits per heavy atom. The van der Waals surface area contributed by atoms with Gasteiger partial charge in [0.1, 0.15) is 0 Å². The van der Waals surface area contributed by atoms with Gasteiger partial charge in [-0.25, -0.2) is 8.42 Å². The van der Waals surface area contributed by atoms with Gasteiger partial charge in [-0.05, 0) is 62.1 Å². The summed E-state index contributed by atoms with van der Waals surface area (Å²) in [6.45, 7) is 7.65. The largest absolute Gasteiger partial charge is 0.493 e. The number of carbonyl (C=O) groups excluding carboxylic acids is 1. The van der Waals surface area contributed by atoms with E-state index in [1.807, 2.05) is 27.7 Å². The van der Waals surface area contributed by atoms with Crippen molar-refractivity contribution in [1.82, 2.24) is 9.62 Å². The number of methoxy groups -OCH3 is 2. The Hall–Kier alpha value is -2.58. The van der Waals surface area contributed by atoms with E-state index in [-0.39, 0.29) is 23.4 Å². The molecule has 1 atom stereocenters. The zero-order valence-corrected chi connectivity index (χ0v) is 19.4. The third-order valence-corrected chi connectivity index (χ3v) is 6.96. The van der Waals surface area contributed by atoms with Crippen LogP contribution in [0.3, 0.4) is 0 Å². The number of carbonyl (C=O) groups is 1. The topological polar surface area (TPSA) is 84.9 Å². The van der Waals surface area contributed by atoms with E-state index in [0.29, 0.717) is 11.5 Å². The van der Waals surface area contributed by atoms with E-state index in [2.05, 4.69) is 17.4 Å². The van der Waals surface area contributed by atoms with Gasteiger partial charge in [-0.3, -0.25) is 4.79 Å². The maximum Gasteiger partial charge on any atom is 0.243 e. The highest BCUT2D eigenvalue weighted by Gasteiger charge is 2.25. The van der Waals surface area contributed by atoms with Crippen molar-refractivity contribution in [2.45, 2.75) is 38.6 Å². The predicted molar refractivity (Wildman–Crippen MR) is 117 cm³/mol. The van der Waals surface area contributed by atoms with E-state index in [0.717, 1.165) is 21.0 Å². The molecule has 2 aromatic carbocycles. The normalized spacial score (nSPS) is 12.5. The van der Waals surface area contributed by atoms with Crippen molar-refractivity contribution in [1.29, 1.82) is 0 Å². The summed E-state index contributed by atoms with van der Waals surface area (Å²) in [6.07, 6.45) is 0. The van der Waals surface area contributed by atoms with Crippen molar-refractivity contribution in [3.05, 3.63) is 52.6 Å². The lowest BCUT2D eigenvalue weighted by Gasteiger charge is -2.21. The maximum atomic E-state index is 12.9. The molecule has 0 radical (unpaired) electrons. The van der Waals surface area contributed by atoms with Crippen LogP contribution in [0.15, 0.2) is 35.2 Å². The quantitative estimate of drug-likeness (QED) is 0.690. The van der Waals surface area contributed by atoms with E-state index in [4.69, 9.17) is 9.47 Å². The Kier molecular flexibility index (Phi) is 7.49. The van der Waals surface area contributed by atoms with Crippen LogP contribution in [0.5, 0.6) is 11.5 Å². The number of rotatable bonds is 8. The first-order chi connectivity index (χ1) is 14.0. The van der Waals surface area contributed by atoms with Crippen molar-refractivity contribution >= 4 is 15.9 Å². The van der Waals surface area contributed by atoms with E-state index < -0.39 is 10.0 Å². The number of benzene rings is 2. The molecular weight excluding hydrogens is 404 g/mol. The molecule has 0 fully saturated rings. The number of nitrogens with zero attached hydrogens (tertiary/aromatic N) is 1. The lowest BCUT2D eigenvalue weighted by Crippen LogP contribution is -2.39. The van der Waals surface area contributed by atoms with E-state index in [1.54, 1.807) is 0 Å². The number of sulfonamides is 1. The third-order valence-electron chi connectivity index (χ3n) is 5.16. The van der Waals surface area contributed by atoms with Crippen LogP contribution < -0.4 is 14.8 Å². The molecule has 1 N–H and O–H groups in total. The molecule has 0 spiro atoms. The predicted octanol–water partition coefficient (Wildman–Crippen LogP) is 3.13. The fraction of sp³-hybridized carbons (Fsp3) is 0.409. The Labute approximate surface area is 179 Å². The molecule has 7 nitrogen and oxygen atoms in total. The number of nitrogens with one attached hydrogen (secondary N) is 1. The van der Waals surface area contributed by atoms with E-state index in [1.165, 1.54) is 45.0 Å². The number of aryl methyl sites for hydroxylation is 3. The van der Waals surface area contributed by atoms with Gasteiger partial charge in [0.2, 0.25) is 15.9 Å². The summed E-state index contributed by atoms with van der Waals surface area (Å²) in [5.41, 5.74) is 4.43. The molecule has 8 heteroatoms. The van der Waals surface area contributed by atoms with E-state index >= 15 is 0 Å². The Bertz CT molecular complexity index is 1030. The first-order valence-electron chi connectivity index (χ1n) is 9.56. The third kappa shape index (κ3) is 5.12. The summed E-state index contributed by atoms with van der Waals surface area (Å²) >= 11 is 0. The molecule has 164 valence electrons. The second-order valence-electron chi connectivity index (χ2n) is 7.36. The van der Waals surface area contributed by atoms with Gasteiger partial charge in [-0.2, -0.15) is 4.31 Å². The zero-order valence-electron chi connectivity index (χ0n) is 18.6. The van der Waals surface area contributed by atoms with Crippen LogP contribution in [-0.4, -0.2) is 46.4 Å². The van der Waals surface area contributed by atoms with Crippen LogP contribution in [0.25, 0.3) is 0 Å². The summed E-state index contributed by atoms with van der Waals surface area (Å²) < 4.78 is 37.1. The van der Waals surface area contributed by atoms with Crippen LogP contribution in [0.1, 0.15) is 35.2 Å². The fourth-order valence-corrected chi connectivity index (χ4v) is 4.40. The molecule has 0 aliphatic rings. The number of likely N-dealkylation sites (N-methyl/N-ethyl adjacent to an activating group) is 1. The van der Waals surface area contributed by atoms with Crippen molar-refractivity contribution < 1.29 is 22.7 Å². The van der Waals surface area contributed by atoms with Crippen LogP contribution in [0, 0.1) is 20.8 Å². The number of hydrogen-bond donors (Lipinski definition) is 1. The summed E-state index contributed by atoms with van der Waals surface area (Å²) in [7, 11) is 0.402. The molecule has 0 aromatic heterocycles. The summed E-state index contributed by atoms with van der Waals surface area (Å²) in [6, 6.07) is 8.22. The summed E-state index contributed by atoms with van der Waals surface area (Å²) in [5, 5.41) is 2.89. The lowest BCUT2D eigenvalue weighted by atomic mass is 9.96. The van der Waals surface area contributed by atoms with Gasteiger partial charge in [0.05, 0.1) is 31.7 Å². The highest BCUT2D eigenvalue weighted by molar-refractivity contribution is 7.89. The van der Waals surface area contributed by atoms with Crippen molar-refractivity contribution in [2.75, 3.05) is 27.8 Å². The first-order valence-corrected chi connectivity index (χ1v) is 11.0. The average molecular weight is 435 g/mol. The summed E-state index contributed by atoms with van der Waals surface area (Å²) in [4.78, 5) is 12.6. The average Bonchev–Trinajstić information content (AvgIpc) is 2.69. The van der Waals surface area contributed by atoms with Gasteiger partial charge in [-0.15, -0.1) is 0 Å². The first kappa shape index (κ1) is 23.7. The van der Waals surface area contributed by atoms with Crippen LogP contribution in [-0.2, 0) is 14.8 Å². The van der Waals surface area contributed by atoms with Gasteiger partial charge in [-0.1, -0.05) is 12.1 Å². The van der Waals surface area contributed by atoms with Gasteiger partial charge in [0, 0.05) is 13.1 Å². The van der Waals surface area contributed by atoms with Gasteiger partial charge >= 0.3 is 0 Å². The maximum absolute atomic E-state index is 12.9. The molecule has 0 aliphatic carbocycles.